The van der Waals surface area contributed by atoms with Gasteiger partial charge in [0, 0.05) is 65.2 Å². The van der Waals surface area contributed by atoms with Crippen LogP contribution >= 0.6 is 0 Å². The van der Waals surface area contributed by atoms with Crippen LogP contribution < -0.4 is 0 Å². The molecule has 2 amide bonds. The Morgan fingerprint density at radius 2 is 0.608 bits per heavy atom. The first-order valence-electron chi connectivity index (χ1n) is 31.7. The summed E-state index contributed by atoms with van der Waals surface area (Å²) >= 11 is 0. The first-order valence-corrected chi connectivity index (χ1v) is 31.7. The average Bonchev–Trinajstić information content (AvgIpc) is 3.40. The quantitative estimate of drug-likeness (QED) is 0.0331. The number of amides is 2. The molecule has 0 unspecified atom stereocenters. The van der Waals surface area contributed by atoms with Crippen molar-refractivity contribution in [3.8, 4) is 0 Å². The normalized spacial score (nSPS) is 11.6. The van der Waals surface area contributed by atoms with Gasteiger partial charge in [0.05, 0.1) is 13.2 Å². The summed E-state index contributed by atoms with van der Waals surface area (Å²) < 4.78 is 23.6. The number of hydrogen-bond donors (Lipinski definition) is 0. The van der Waals surface area contributed by atoms with Crippen LogP contribution in [-0.4, -0.2) is 136 Å². The summed E-state index contributed by atoms with van der Waals surface area (Å²) in [6.07, 6.45) is 35.6. The SMILES string of the molecule is CCCCCCCCN(CCCCC(=O)OCC(CCCCC)CCCCC)C(=O)OCCN(CCOC(=O)N(CCCCCCCC)CCCCC(=O)OCC(CCCCC)CCCCC)CCN(CC)CC. The van der Waals surface area contributed by atoms with Gasteiger partial charge in [0.25, 0.3) is 0 Å². The first-order chi connectivity index (χ1) is 36.1. The molecule has 0 heterocycles. The van der Waals surface area contributed by atoms with Crippen molar-refractivity contribution in [2.24, 2.45) is 11.8 Å². The maximum absolute atomic E-state index is 13.7. The summed E-state index contributed by atoms with van der Waals surface area (Å²) in [6.45, 7) is 26.2. The van der Waals surface area contributed by atoms with Gasteiger partial charge in [-0.25, -0.2) is 9.59 Å². The zero-order valence-electron chi connectivity index (χ0n) is 50.2. The molecule has 0 aromatic heterocycles. The van der Waals surface area contributed by atoms with Crippen molar-refractivity contribution >= 4 is 24.1 Å². The molecule has 0 radical (unpaired) electrons. The third kappa shape index (κ3) is 43.5. The monoisotopic (exact) mass is 1050 g/mol. The second-order valence-electron chi connectivity index (χ2n) is 21.6. The fourth-order valence-corrected chi connectivity index (χ4v) is 9.68. The molecule has 0 aliphatic carbocycles. The molecule has 0 N–H and O–H groups in total. The molecule has 0 spiro atoms. The maximum Gasteiger partial charge on any atom is 0.409 e. The second kappa shape index (κ2) is 53.8. The number of ether oxygens (including phenoxy) is 4. The fourth-order valence-electron chi connectivity index (χ4n) is 9.68. The smallest absolute Gasteiger partial charge is 0.409 e. The van der Waals surface area contributed by atoms with Gasteiger partial charge in [0.1, 0.15) is 13.2 Å². The maximum atomic E-state index is 13.7. The zero-order chi connectivity index (χ0) is 54.5. The van der Waals surface area contributed by atoms with E-state index in [1.54, 1.807) is 0 Å². The van der Waals surface area contributed by atoms with Crippen molar-refractivity contribution in [3.05, 3.63) is 0 Å². The van der Waals surface area contributed by atoms with Gasteiger partial charge in [0.15, 0.2) is 0 Å². The molecule has 12 nitrogen and oxygen atoms in total. The summed E-state index contributed by atoms with van der Waals surface area (Å²) in [5.41, 5.74) is 0. The highest BCUT2D eigenvalue weighted by molar-refractivity contribution is 5.70. The van der Waals surface area contributed by atoms with Gasteiger partial charge in [-0.1, -0.05) is 197 Å². The van der Waals surface area contributed by atoms with E-state index in [9.17, 15) is 19.2 Å². The van der Waals surface area contributed by atoms with Gasteiger partial charge in [-0.05, 0) is 89.1 Å². The Morgan fingerprint density at radius 1 is 0.311 bits per heavy atom. The van der Waals surface area contributed by atoms with Gasteiger partial charge < -0.3 is 33.6 Å². The number of esters is 2. The molecule has 0 saturated heterocycles. The molecule has 0 aliphatic rings. The largest absolute Gasteiger partial charge is 0.465 e. The third-order valence-electron chi connectivity index (χ3n) is 14.9. The number of unbranched alkanes of at least 4 members (excludes halogenated alkanes) is 20. The minimum atomic E-state index is -0.300. The van der Waals surface area contributed by atoms with Crippen LogP contribution in [0.4, 0.5) is 9.59 Å². The Labute approximate surface area is 457 Å². The lowest BCUT2D eigenvalue weighted by atomic mass is 9.96. The molecule has 0 bridgehead atoms. The third-order valence-corrected chi connectivity index (χ3v) is 14.9. The Kier molecular flexibility index (Phi) is 51.9. The van der Waals surface area contributed by atoms with E-state index < -0.39 is 0 Å². The molecule has 0 aliphatic heterocycles. The molecular formula is C62H122N4O8. The second-order valence-corrected chi connectivity index (χ2v) is 21.6. The molecule has 12 heteroatoms. The van der Waals surface area contributed by atoms with Crippen molar-refractivity contribution in [2.75, 3.05) is 91.9 Å². The predicted molar refractivity (Wildman–Crippen MR) is 310 cm³/mol. The number of carbonyl (C=O) groups excluding carboxylic acids is 4. The first kappa shape index (κ1) is 71.4. The van der Waals surface area contributed by atoms with Crippen molar-refractivity contribution in [2.45, 2.75) is 274 Å². The molecule has 0 rings (SSSR count). The standard InChI is InChI=1S/C62H122N4O8/c1-9-17-23-25-27-35-45-65(47-37-33-43-59(67)73-55-57(39-29-19-11-3)40-30-20-12-4)61(69)71-53-51-64(50-49-63(15-7)16-8)52-54-72-62(70)66(46-36-28-26-24-18-10-2)48-38-34-44-60(68)74-56-58(41-31-21-13-5)42-32-22-14-6/h57-58H,9-56H2,1-8H3. The van der Waals surface area contributed by atoms with E-state index in [1.807, 2.05) is 9.80 Å². The van der Waals surface area contributed by atoms with Gasteiger partial charge >= 0.3 is 24.1 Å². The van der Waals surface area contributed by atoms with Crippen molar-refractivity contribution < 1.29 is 38.1 Å². The van der Waals surface area contributed by atoms with E-state index in [0.29, 0.717) is 90.0 Å². The fraction of sp³-hybridized carbons (Fsp3) is 0.935. The van der Waals surface area contributed by atoms with Gasteiger partial charge in [-0.15, -0.1) is 0 Å². The van der Waals surface area contributed by atoms with Crippen molar-refractivity contribution in [1.82, 2.24) is 19.6 Å². The van der Waals surface area contributed by atoms with Crippen molar-refractivity contribution in [3.63, 3.8) is 0 Å². The van der Waals surface area contributed by atoms with Gasteiger partial charge in [-0.2, -0.15) is 0 Å². The van der Waals surface area contributed by atoms with Crippen LogP contribution in [-0.2, 0) is 28.5 Å². The predicted octanol–water partition coefficient (Wildman–Crippen LogP) is 16.2. The zero-order valence-corrected chi connectivity index (χ0v) is 50.2. The van der Waals surface area contributed by atoms with E-state index in [1.165, 1.54) is 128 Å². The number of hydrogen-bond acceptors (Lipinski definition) is 10. The lowest BCUT2D eigenvalue weighted by Crippen LogP contribution is -2.41. The highest BCUT2D eigenvalue weighted by Gasteiger charge is 2.20. The Hall–Kier alpha value is -2.60. The van der Waals surface area contributed by atoms with Crippen LogP contribution in [0.2, 0.25) is 0 Å². The molecule has 0 aromatic rings. The van der Waals surface area contributed by atoms with E-state index in [4.69, 9.17) is 18.9 Å². The Balaban J connectivity index is 5.49. The average molecular weight is 1050 g/mol. The summed E-state index contributed by atoms with van der Waals surface area (Å²) in [6, 6.07) is 0. The van der Waals surface area contributed by atoms with E-state index >= 15 is 0 Å². The molecule has 0 fully saturated rings. The molecule has 74 heavy (non-hydrogen) atoms. The van der Waals surface area contributed by atoms with Gasteiger partial charge in [0.2, 0.25) is 0 Å². The van der Waals surface area contributed by atoms with Crippen LogP contribution in [0.1, 0.15) is 274 Å². The summed E-state index contributed by atoms with van der Waals surface area (Å²) in [5.74, 6) is 0.634. The molecule has 0 atom stereocenters. The summed E-state index contributed by atoms with van der Waals surface area (Å²) in [5, 5.41) is 0. The van der Waals surface area contributed by atoms with Crippen LogP contribution in [0.5, 0.6) is 0 Å². The highest BCUT2D eigenvalue weighted by Crippen LogP contribution is 2.21. The highest BCUT2D eigenvalue weighted by atomic mass is 16.6. The summed E-state index contributed by atoms with van der Waals surface area (Å²) in [7, 11) is 0. The number of rotatable bonds is 55. The van der Waals surface area contributed by atoms with Gasteiger partial charge in [-0.3, -0.25) is 14.5 Å². The topological polar surface area (TPSA) is 118 Å². The van der Waals surface area contributed by atoms with Crippen molar-refractivity contribution in [1.29, 1.82) is 0 Å². The molecular weight excluding hydrogens is 929 g/mol. The Morgan fingerprint density at radius 3 is 0.946 bits per heavy atom. The number of likely N-dealkylation sites (N-methyl/N-ethyl adjacent to an activating group) is 1. The van der Waals surface area contributed by atoms with E-state index in [-0.39, 0.29) is 37.3 Å². The molecule has 0 saturated carbocycles. The van der Waals surface area contributed by atoms with Crippen LogP contribution in [0, 0.1) is 11.8 Å². The van der Waals surface area contributed by atoms with E-state index in [0.717, 1.165) is 90.4 Å². The summed E-state index contributed by atoms with van der Waals surface area (Å²) in [4.78, 5) is 61.3. The number of nitrogens with zero attached hydrogens (tertiary/aromatic N) is 4. The number of carbonyl (C=O) groups is 4. The van der Waals surface area contributed by atoms with E-state index in [2.05, 4.69) is 65.2 Å². The lowest BCUT2D eigenvalue weighted by Gasteiger charge is -2.28. The van der Waals surface area contributed by atoms with Crippen LogP contribution in [0.15, 0.2) is 0 Å². The van der Waals surface area contributed by atoms with Crippen LogP contribution in [0.25, 0.3) is 0 Å². The lowest BCUT2D eigenvalue weighted by molar-refractivity contribution is -0.146. The molecule has 438 valence electrons. The Bertz CT molecular complexity index is 1160. The van der Waals surface area contributed by atoms with Crippen LogP contribution in [0.3, 0.4) is 0 Å². The minimum absolute atomic E-state index is 0.129. The molecule has 0 aromatic carbocycles. The minimum Gasteiger partial charge on any atom is -0.465 e.